The summed E-state index contributed by atoms with van der Waals surface area (Å²) in [6.07, 6.45) is 2.78. The third-order valence-corrected chi connectivity index (χ3v) is 1.60. The lowest BCUT2D eigenvalue weighted by Crippen LogP contribution is -2.09. The molecule has 0 N–H and O–H groups in total. The maximum Gasteiger partial charge on any atom is 0.107 e. The molecule has 3 heteroatoms. The van der Waals surface area contributed by atoms with Gasteiger partial charge in [0.25, 0.3) is 0 Å². The van der Waals surface area contributed by atoms with Gasteiger partial charge in [-0.05, 0) is 14.1 Å². The summed E-state index contributed by atoms with van der Waals surface area (Å²) in [5, 5.41) is 3.00. The second-order valence-corrected chi connectivity index (χ2v) is 3.05. The average molecular weight is 141 g/mol. The molecule has 0 spiro atoms. The quantitative estimate of drug-likeness (QED) is 0.611. The molecule has 0 atom stereocenters. The van der Waals surface area contributed by atoms with Crippen molar-refractivity contribution in [3.05, 3.63) is 16.6 Å². The summed E-state index contributed by atoms with van der Waals surface area (Å²) in [6, 6.07) is 0. The largest absolute Gasteiger partial charge is 0.303 e. The van der Waals surface area contributed by atoms with Crippen LogP contribution in [0.3, 0.4) is 0 Å². The van der Waals surface area contributed by atoms with Gasteiger partial charge in [-0.2, -0.15) is 0 Å². The predicted molar refractivity (Wildman–Crippen MR) is 38.3 cm³/mol. The SMILES string of the molecule is CN(C)Cc1n[c]cs1. The molecule has 1 radical (unpaired) electrons. The fraction of sp³-hybridized carbons (Fsp3) is 0.500. The van der Waals surface area contributed by atoms with E-state index in [0.717, 1.165) is 11.6 Å². The molecule has 0 aliphatic heterocycles. The van der Waals surface area contributed by atoms with Gasteiger partial charge in [-0.1, -0.05) is 0 Å². The van der Waals surface area contributed by atoms with Crippen molar-refractivity contribution in [2.75, 3.05) is 14.1 Å². The van der Waals surface area contributed by atoms with Gasteiger partial charge in [0.05, 0.1) is 0 Å². The normalized spacial score (nSPS) is 10.6. The lowest BCUT2D eigenvalue weighted by Gasteiger charge is -2.04. The molecule has 1 aromatic heterocycles. The molecule has 1 rings (SSSR count). The highest BCUT2D eigenvalue weighted by atomic mass is 32.1. The Bertz CT molecular complexity index is 158. The van der Waals surface area contributed by atoms with Crippen molar-refractivity contribution < 1.29 is 0 Å². The van der Waals surface area contributed by atoms with Gasteiger partial charge in [-0.25, -0.2) is 4.98 Å². The van der Waals surface area contributed by atoms with Crippen molar-refractivity contribution in [3.8, 4) is 0 Å². The van der Waals surface area contributed by atoms with E-state index in [0.29, 0.717) is 0 Å². The Morgan fingerprint density at radius 1 is 1.78 bits per heavy atom. The zero-order valence-corrected chi connectivity index (χ0v) is 6.40. The molecular formula is C6H9N2S. The number of aromatic nitrogens is 1. The molecule has 0 aliphatic carbocycles. The zero-order valence-electron chi connectivity index (χ0n) is 5.59. The fourth-order valence-corrected chi connectivity index (χ4v) is 1.24. The molecule has 2 nitrogen and oxygen atoms in total. The average Bonchev–Trinajstić information content (AvgIpc) is 2.15. The monoisotopic (exact) mass is 141 g/mol. The Balaban J connectivity index is 2.48. The topological polar surface area (TPSA) is 16.1 Å². The molecule has 1 aromatic rings. The van der Waals surface area contributed by atoms with Crippen LogP contribution in [-0.2, 0) is 6.54 Å². The highest BCUT2D eigenvalue weighted by Crippen LogP contribution is 2.04. The van der Waals surface area contributed by atoms with E-state index in [9.17, 15) is 0 Å². The van der Waals surface area contributed by atoms with Gasteiger partial charge in [0, 0.05) is 11.9 Å². The minimum Gasteiger partial charge on any atom is -0.303 e. The van der Waals surface area contributed by atoms with Gasteiger partial charge in [0.1, 0.15) is 11.2 Å². The van der Waals surface area contributed by atoms with E-state index in [1.165, 1.54) is 0 Å². The van der Waals surface area contributed by atoms with Crippen molar-refractivity contribution in [2.24, 2.45) is 0 Å². The van der Waals surface area contributed by atoms with Crippen molar-refractivity contribution in [1.29, 1.82) is 0 Å². The van der Waals surface area contributed by atoms with Crippen LogP contribution in [0.1, 0.15) is 5.01 Å². The maximum atomic E-state index is 4.01. The molecule has 0 bridgehead atoms. The first-order chi connectivity index (χ1) is 4.29. The molecule has 0 aliphatic rings. The van der Waals surface area contributed by atoms with Crippen molar-refractivity contribution in [3.63, 3.8) is 0 Å². The van der Waals surface area contributed by atoms with Gasteiger partial charge in [-0.15, -0.1) is 11.3 Å². The van der Waals surface area contributed by atoms with E-state index in [2.05, 4.69) is 16.1 Å². The molecule has 1 heterocycles. The van der Waals surface area contributed by atoms with Gasteiger partial charge in [0.2, 0.25) is 0 Å². The zero-order chi connectivity index (χ0) is 6.69. The number of nitrogens with zero attached hydrogens (tertiary/aromatic N) is 2. The van der Waals surface area contributed by atoms with Crippen LogP contribution in [0.15, 0.2) is 5.38 Å². The standard InChI is InChI=1S/C6H9N2S/c1-8(2)5-6-7-3-4-9-6/h4H,5H2,1-2H3. The van der Waals surface area contributed by atoms with Crippen LogP contribution in [0, 0.1) is 6.20 Å². The van der Waals surface area contributed by atoms with E-state index >= 15 is 0 Å². The minimum atomic E-state index is 0.925. The molecule has 0 aromatic carbocycles. The van der Waals surface area contributed by atoms with Crippen molar-refractivity contribution >= 4 is 11.3 Å². The molecule has 0 saturated carbocycles. The van der Waals surface area contributed by atoms with E-state index in [-0.39, 0.29) is 0 Å². The molecule has 9 heavy (non-hydrogen) atoms. The third kappa shape index (κ3) is 2.11. The second kappa shape index (κ2) is 2.94. The van der Waals surface area contributed by atoms with Gasteiger partial charge in [-0.3, -0.25) is 0 Å². The highest BCUT2D eigenvalue weighted by molar-refractivity contribution is 7.09. The summed E-state index contributed by atoms with van der Waals surface area (Å²) in [7, 11) is 4.06. The van der Waals surface area contributed by atoms with Crippen molar-refractivity contribution in [1.82, 2.24) is 9.88 Å². The van der Waals surface area contributed by atoms with Crippen molar-refractivity contribution in [2.45, 2.75) is 6.54 Å². The van der Waals surface area contributed by atoms with E-state index < -0.39 is 0 Å². The second-order valence-electron chi connectivity index (χ2n) is 2.11. The van der Waals surface area contributed by atoms with Crippen LogP contribution in [0.5, 0.6) is 0 Å². The van der Waals surface area contributed by atoms with Crippen LogP contribution in [0.25, 0.3) is 0 Å². The van der Waals surface area contributed by atoms with Crippen LogP contribution < -0.4 is 0 Å². The Kier molecular flexibility index (Phi) is 2.19. The Morgan fingerprint density at radius 2 is 2.56 bits per heavy atom. The number of thiazole rings is 1. The minimum absolute atomic E-state index is 0.925. The molecule has 0 unspecified atom stereocenters. The third-order valence-electron chi connectivity index (χ3n) is 0.888. The first-order valence-corrected chi connectivity index (χ1v) is 3.62. The van der Waals surface area contributed by atoms with Gasteiger partial charge >= 0.3 is 0 Å². The van der Waals surface area contributed by atoms with Crippen LogP contribution in [0.2, 0.25) is 0 Å². The van der Waals surface area contributed by atoms with E-state index in [4.69, 9.17) is 0 Å². The highest BCUT2D eigenvalue weighted by Gasteiger charge is 1.94. The summed E-state index contributed by atoms with van der Waals surface area (Å²) < 4.78 is 0. The van der Waals surface area contributed by atoms with Gasteiger partial charge in [0.15, 0.2) is 0 Å². The maximum absolute atomic E-state index is 4.01. The summed E-state index contributed by atoms with van der Waals surface area (Å²) >= 11 is 1.64. The summed E-state index contributed by atoms with van der Waals surface area (Å²) in [5.41, 5.74) is 0. The van der Waals surface area contributed by atoms with Crippen LogP contribution >= 0.6 is 11.3 Å². The summed E-state index contributed by atoms with van der Waals surface area (Å²) in [6.45, 7) is 0.925. The molecular weight excluding hydrogens is 132 g/mol. The predicted octanol–water partition coefficient (Wildman–Crippen LogP) is 1.00. The summed E-state index contributed by atoms with van der Waals surface area (Å²) in [4.78, 5) is 6.10. The number of rotatable bonds is 2. The molecule has 0 amide bonds. The van der Waals surface area contributed by atoms with E-state index in [1.54, 1.807) is 11.3 Å². The Labute approximate surface area is 59.1 Å². The Morgan fingerprint density at radius 3 is 3.00 bits per heavy atom. The lowest BCUT2D eigenvalue weighted by molar-refractivity contribution is 0.401. The number of hydrogen-bond donors (Lipinski definition) is 0. The first-order valence-electron chi connectivity index (χ1n) is 2.74. The molecule has 0 fully saturated rings. The van der Waals surface area contributed by atoms with Crippen LogP contribution in [0.4, 0.5) is 0 Å². The summed E-state index contributed by atoms with van der Waals surface area (Å²) in [5.74, 6) is 0. The molecule has 0 saturated heterocycles. The number of hydrogen-bond acceptors (Lipinski definition) is 3. The fourth-order valence-electron chi connectivity index (χ4n) is 0.562. The molecule has 49 valence electrons. The lowest BCUT2D eigenvalue weighted by atomic mass is 10.6. The Hall–Kier alpha value is -0.410. The smallest absolute Gasteiger partial charge is 0.107 e. The van der Waals surface area contributed by atoms with E-state index in [1.807, 2.05) is 19.5 Å². The first kappa shape index (κ1) is 6.71. The van der Waals surface area contributed by atoms with Crippen LogP contribution in [-0.4, -0.2) is 24.0 Å². The van der Waals surface area contributed by atoms with Gasteiger partial charge < -0.3 is 4.90 Å².